The van der Waals surface area contributed by atoms with Crippen LogP contribution in [0.15, 0.2) is 27.4 Å². The predicted molar refractivity (Wildman–Crippen MR) is 76.5 cm³/mol. The maximum Gasteiger partial charge on any atom is 0.417 e. The van der Waals surface area contributed by atoms with Crippen LogP contribution in [0.2, 0.25) is 0 Å². The summed E-state index contributed by atoms with van der Waals surface area (Å²) < 4.78 is 5.05. The second-order valence-corrected chi connectivity index (χ2v) is 5.44. The van der Waals surface area contributed by atoms with Gasteiger partial charge in [-0.1, -0.05) is 6.07 Å². The third-order valence-corrected chi connectivity index (χ3v) is 3.12. The van der Waals surface area contributed by atoms with Gasteiger partial charge in [-0.05, 0) is 51.6 Å². The Kier molecular flexibility index (Phi) is 4.07. The summed E-state index contributed by atoms with van der Waals surface area (Å²) in [5.41, 5.74) is 2.59. The van der Waals surface area contributed by atoms with E-state index in [4.69, 9.17) is 4.42 Å². The summed E-state index contributed by atoms with van der Waals surface area (Å²) in [5.74, 6) is -0.402. The molecular formula is C14H21N3O2. The number of rotatable bonds is 6. The normalized spacial score (nSPS) is 12.2. The molecule has 3 N–H and O–H groups in total. The van der Waals surface area contributed by atoms with E-state index in [1.807, 2.05) is 25.2 Å². The highest BCUT2D eigenvalue weighted by molar-refractivity contribution is 5.72. The van der Waals surface area contributed by atoms with Crippen molar-refractivity contribution < 1.29 is 4.42 Å². The number of likely N-dealkylation sites (N-methyl/N-ethyl adjacent to an activating group) is 1. The first-order valence-corrected chi connectivity index (χ1v) is 6.51. The number of oxazole rings is 1. The Balaban J connectivity index is 1.96. The van der Waals surface area contributed by atoms with Gasteiger partial charge < -0.3 is 15.1 Å². The van der Waals surface area contributed by atoms with Crippen molar-refractivity contribution in [2.45, 2.75) is 25.8 Å². The summed E-state index contributed by atoms with van der Waals surface area (Å²) in [7, 11) is 1.95. The molecule has 1 aromatic carbocycles. The number of hydrogen-bond acceptors (Lipinski definition) is 4. The lowest BCUT2D eigenvalue weighted by molar-refractivity contribution is 0.379. The molecule has 0 unspecified atom stereocenters. The number of aromatic nitrogens is 1. The quantitative estimate of drug-likeness (QED) is 0.733. The third-order valence-electron chi connectivity index (χ3n) is 3.12. The van der Waals surface area contributed by atoms with Gasteiger partial charge in [-0.25, -0.2) is 4.79 Å². The minimum absolute atomic E-state index is 0.0689. The molecule has 0 amide bonds. The zero-order chi connectivity index (χ0) is 13.9. The third kappa shape index (κ3) is 3.68. The van der Waals surface area contributed by atoms with Crippen molar-refractivity contribution in [2.75, 3.05) is 20.1 Å². The Morgan fingerprint density at radius 3 is 2.89 bits per heavy atom. The zero-order valence-corrected chi connectivity index (χ0v) is 11.7. The van der Waals surface area contributed by atoms with Crippen LogP contribution in [-0.4, -0.2) is 30.7 Å². The Labute approximate surface area is 112 Å². The number of hydrogen-bond donors (Lipinski definition) is 3. The molecule has 104 valence electrons. The molecule has 2 aromatic rings. The molecule has 1 aromatic heterocycles. The van der Waals surface area contributed by atoms with Gasteiger partial charge in [-0.2, -0.15) is 0 Å². The summed E-state index contributed by atoms with van der Waals surface area (Å²) in [6, 6.07) is 5.81. The van der Waals surface area contributed by atoms with Crippen molar-refractivity contribution in [3.63, 3.8) is 0 Å². The molecule has 0 fully saturated rings. The Bertz CT molecular complexity index is 598. The molecule has 0 spiro atoms. The Morgan fingerprint density at radius 1 is 1.37 bits per heavy atom. The molecule has 0 bridgehead atoms. The van der Waals surface area contributed by atoms with Crippen molar-refractivity contribution in [3.05, 3.63) is 34.3 Å². The SMILES string of the molecule is CNCC(C)(C)NCCc1ccc2[nH]c(=O)oc2c1. The smallest absolute Gasteiger partial charge is 0.408 e. The van der Waals surface area contributed by atoms with Crippen LogP contribution in [0.25, 0.3) is 11.1 Å². The molecule has 0 aliphatic rings. The lowest BCUT2D eigenvalue weighted by atomic mass is 10.0. The Morgan fingerprint density at radius 2 is 2.16 bits per heavy atom. The number of H-pyrrole nitrogens is 1. The lowest BCUT2D eigenvalue weighted by Crippen LogP contribution is -2.47. The maximum absolute atomic E-state index is 11.1. The monoisotopic (exact) mass is 263 g/mol. The summed E-state index contributed by atoms with van der Waals surface area (Å²) in [6.07, 6.45) is 0.901. The van der Waals surface area contributed by atoms with Crippen LogP contribution < -0.4 is 16.4 Å². The van der Waals surface area contributed by atoms with Crippen LogP contribution in [0, 0.1) is 0 Å². The van der Waals surface area contributed by atoms with Crippen molar-refractivity contribution in [1.82, 2.24) is 15.6 Å². The Hall–Kier alpha value is -1.59. The molecule has 0 saturated heterocycles. The number of benzene rings is 1. The van der Waals surface area contributed by atoms with Gasteiger partial charge in [-0.15, -0.1) is 0 Å². The molecule has 0 atom stereocenters. The highest BCUT2D eigenvalue weighted by atomic mass is 16.4. The van der Waals surface area contributed by atoms with Gasteiger partial charge in [0.2, 0.25) is 0 Å². The molecule has 5 heteroatoms. The fourth-order valence-electron chi connectivity index (χ4n) is 2.19. The first-order valence-electron chi connectivity index (χ1n) is 6.51. The first kappa shape index (κ1) is 13.8. The van der Waals surface area contributed by atoms with E-state index in [-0.39, 0.29) is 5.54 Å². The molecule has 19 heavy (non-hydrogen) atoms. The summed E-state index contributed by atoms with van der Waals surface area (Å²) in [6.45, 7) is 6.13. The van der Waals surface area contributed by atoms with Gasteiger partial charge in [-0.3, -0.25) is 4.98 Å². The minimum atomic E-state index is -0.402. The molecule has 0 saturated carbocycles. The highest BCUT2D eigenvalue weighted by Crippen LogP contribution is 2.12. The summed E-state index contributed by atoms with van der Waals surface area (Å²) in [5, 5.41) is 6.67. The van der Waals surface area contributed by atoms with E-state index in [0.717, 1.165) is 30.6 Å². The van der Waals surface area contributed by atoms with Crippen molar-refractivity contribution in [1.29, 1.82) is 0 Å². The van der Waals surface area contributed by atoms with Crippen LogP contribution in [0.3, 0.4) is 0 Å². The van der Waals surface area contributed by atoms with Crippen LogP contribution in [-0.2, 0) is 6.42 Å². The number of aromatic amines is 1. The van der Waals surface area contributed by atoms with Crippen molar-refractivity contribution >= 4 is 11.1 Å². The molecule has 1 heterocycles. The van der Waals surface area contributed by atoms with Crippen LogP contribution in [0.4, 0.5) is 0 Å². The maximum atomic E-state index is 11.1. The van der Waals surface area contributed by atoms with Gasteiger partial charge in [0.05, 0.1) is 5.52 Å². The average molecular weight is 263 g/mol. The minimum Gasteiger partial charge on any atom is -0.408 e. The van der Waals surface area contributed by atoms with Crippen LogP contribution >= 0.6 is 0 Å². The fraction of sp³-hybridized carbons (Fsp3) is 0.500. The van der Waals surface area contributed by atoms with E-state index in [2.05, 4.69) is 29.5 Å². The molecular weight excluding hydrogens is 242 g/mol. The van der Waals surface area contributed by atoms with E-state index in [1.165, 1.54) is 0 Å². The van der Waals surface area contributed by atoms with Gasteiger partial charge in [0, 0.05) is 12.1 Å². The van der Waals surface area contributed by atoms with Crippen molar-refractivity contribution in [2.24, 2.45) is 0 Å². The lowest BCUT2D eigenvalue weighted by Gasteiger charge is -2.26. The largest absolute Gasteiger partial charge is 0.417 e. The van der Waals surface area contributed by atoms with Crippen molar-refractivity contribution in [3.8, 4) is 0 Å². The molecule has 0 aliphatic heterocycles. The number of nitrogens with one attached hydrogen (secondary N) is 3. The van der Waals surface area contributed by atoms with E-state index >= 15 is 0 Å². The second kappa shape index (κ2) is 5.59. The summed E-state index contributed by atoms with van der Waals surface area (Å²) >= 11 is 0. The van der Waals surface area contributed by atoms with Crippen LogP contribution in [0.1, 0.15) is 19.4 Å². The van der Waals surface area contributed by atoms with E-state index < -0.39 is 5.76 Å². The molecule has 2 rings (SSSR count). The zero-order valence-electron chi connectivity index (χ0n) is 11.7. The average Bonchev–Trinajstić information content (AvgIpc) is 2.68. The first-order chi connectivity index (χ1) is 9.00. The van der Waals surface area contributed by atoms with Gasteiger partial charge in [0.15, 0.2) is 5.58 Å². The van der Waals surface area contributed by atoms with Gasteiger partial charge >= 0.3 is 5.76 Å². The summed E-state index contributed by atoms with van der Waals surface area (Å²) in [4.78, 5) is 13.7. The molecule has 0 radical (unpaired) electrons. The second-order valence-electron chi connectivity index (χ2n) is 5.44. The van der Waals surface area contributed by atoms with Gasteiger partial charge in [0.25, 0.3) is 0 Å². The van der Waals surface area contributed by atoms with Crippen LogP contribution in [0.5, 0.6) is 0 Å². The number of fused-ring (bicyclic) bond motifs is 1. The van der Waals surface area contributed by atoms with E-state index in [0.29, 0.717) is 5.58 Å². The standard InChI is InChI=1S/C14H21N3O2/c1-14(2,9-15-3)16-7-6-10-4-5-11-12(8-10)19-13(18)17-11/h4-5,8,15-16H,6-7,9H2,1-3H3,(H,17,18). The predicted octanol–water partition coefficient (Wildman–Crippen LogP) is 1.25. The molecule has 5 nitrogen and oxygen atoms in total. The van der Waals surface area contributed by atoms with Gasteiger partial charge in [0.1, 0.15) is 0 Å². The van der Waals surface area contributed by atoms with E-state index in [1.54, 1.807) is 0 Å². The molecule has 0 aliphatic carbocycles. The topological polar surface area (TPSA) is 70.1 Å². The van der Waals surface area contributed by atoms with E-state index in [9.17, 15) is 4.79 Å². The highest BCUT2D eigenvalue weighted by Gasteiger charge is 2.14. The fourth-order valence-corrected chi connectivity index (χ4v) is 2.19.